The third-order valence-corrected chi connectivity index (χ3v) is 17.8. The van der Waals surface area contributed by atoms with Crippen LogP contribution in [0.3, 0.4) is 0 Å². The number of nitriles is 2. The van der Waals surface area contributed by atoms with Crippen LogP contribution in [0.1, 0.15) is 11.1 Å². The second-order valence-corrected chi connectivity index (χ2v) is 23.4. The van der Waals surface area contributed by atoms with Crippen LogP contribution in [0.4, 0.5) is 0 Å². The lowest BCUT2D eigenvalue weighted by Crippen LogP contribution is -1.96. The smallest absolute Gasteiger partial charge is 0.160 e. The highest BCUT2D eigenvalue weighted by Crippen LogP contribution is 2.44. The second kappa shape index (κ2) is 23.0. The summed E-state index contributed by atoms with van der Waals surface area (Å²) in [6.07, 6.45) is 0. The molecule has 0 spiro atoms. The third kappa shape index (κ3) is 9.71. The van der Waals surface area contributed by atoms with Gasteiger partial charge in [-0.25, -0.2) is 19.9 Å². The molecule has 0 unspecified atom stereocenters. The standard InChI is InChI=1S/C45H27N3O.C41H23N3O/c46-28-35-26-39-43-37(22-11-23-42(43)49-44(39)38-21-8-7-20-36(35)38)33-18-9-16-31(24-33)32-17-10-19-34(25-32)41-27-40(29-12-3-1-4-13-29)47-45(48-41)30-14-5-2-6-15-30;42-24-30-23-34-38-32(14-7-15-37(38)45-41(34)33-13-5-4-12-31(30)33)28-10-6-11-29(22-28)36-21-19-27-17-16-26-18-20-35(25-8-2-1-3-9-25)43-39(26)40(27)44-36/h1-27H;1-23H. The first-order chi connectivity index (χ1) is 46.5. The fraction of sp³-hybridized carbons (Fsp3) is 0. The molecule has 0 aliphatic heterocycles. The maximum Gasteiger partial charge on any atom is 0.160 e. The molecule has 0 saturated heterocycles. The summed E-state index contributed by atoms with van der Waals surface area (Å²) in [5, 5.41) is 29.7. The van der Waals surface area contributed by atoms with Crippen LogP contribution in [0.25, 0.3) is 177 Å². The number of rotatable bonds is 8. The van der Waals surface area contributed by atoms with Crippen LogP contribution in [0.5, 0.6) is 0 Å². The molecule has 0 bridgehead atoms. The van der Waals surface area contributed by atoms with E-state index in [4.69, 9.17) is 28.8 Å². The first-order valence-corrected chi connectivity index (χ1v) is 31.1. The van der Waals surface area contributed by atoms with Gasteiger partial charge in [0, 0.05) is 81.7 Å². The first-order valence-electron chi connectivity index (χ1n) is 31.1. The Morgan fingerprint density at radius 1 is 0.255 bits per heavy atom. The molecule has 0 saturated carbocycles. The van der Waals surface area contributed by atoms with Gasteiger partial charge in [-0.15, -0.1) is 0 Å². The van der Waals surface area contributed by atoms with Crippen LogP contribution in [0, 0.1) is 22.7 Å². The number of aromatic nitrogens is 4. The second-order valence-electron chi connectivity index (χ2n) is 23.4. The Bertz CT molecular complexity index is 6080. The molecule has 94 heavy (non-hydrogen) atoms. The van der Waals surface area contributed by atoms with Crippen molar-refractivity contribution in [2.75, 3.05) is 0 Å². The highest BCUT2D eigenvalue weighted by molar-refractivity contribution is 6.22. The Morgan fingerprint density at radius 2 is 0.617 bits per heavy atom. The Kier molecular flexibility index (Phi) is 13.5. The minimum absolute atomic E-state index is 0.640. The summed E-state index contributed by atoms with van der Waals surface area (Å²) >= 11 is 0. The molecule has 0 fully saturated rings. The molecule has 5 heterocycles. The molecule has 18 aromatic rings. The average molecular weight is 1200 g/mol. The SMILES string of the molecule is N#Cc1cc2c(oc3cccc(-c4cccc(-c5ccc6ccc7ccc(-c8ccccc8)nc7c6n5)c4)c32)c2ccccc12.N#Cc1cc2c(oc3cccc(-c4cccc(-c5cccc(-c6cc(-c7ccccc7)nc(-c7ccccc7)n6)c5)c4)c32)c2ccccc12. The molecular weight excluding hydrogens is 1150 g/mol. The van der Waals surface area contributed by atoms with E-state index >= 15 is 0 Å². The number of pyridine rings is 2. The van der Waals surface area contributed by atoms with Crippen molar-refractivity contribution >= 4 is 87.2 Å². The molecule has 0 aliphatic rings. The van der Waals surface area contributed by atoms with Gasteiger partial charge in [0.05, 0.1) is 57.1 Å². The molecule has 0 N–H and O–H groups in total. The molecule has 436 valence electrons. The van der Waals surface area contributed by atoms with Gasteiger partial charge in [-0.05, 0) is 94.0 Å². The Balaban J connectivity index is 0.000000144. The van der Waals surface area contributed by atoms with Gasteiger partial charge >= 0.3 is 0 Å². The lowest BCUT2D eigenvalue weighted by molar-refractivity contribution is 0.672. The fourth-order valence-corrected chi connectivity index (χ4v) is 13.3. The zero-order chi connectivity index (χ0) is 62.6. The summed E-state index contributed by atoms with van der Waals surface area (Å²) in [5.74, 6) is 0.692. The van der Waals surface area contributed by atoms with E-state index in [1.54, 1.807) is 0 Å². The van der Waals surface area contributed by atoms with Gasteiger partial charge in [-0.3, -0.25) is 0 Å². The minimum atomic E-state index is 0.640. The van der Waals surface area contributed by atoms with E-state index in [0.717, 1.165) is 171 Å². The van der Waals surface area contributed by atoms with Crippen LogP contribution < -0.4 is 0 Å². The number of fused-ring (bicyclic) bond motifs is 13. The minimum Gasteiger partial charge on any atom is -0.455 e. The number of furan rings is 2. The molecule has 0 radical (unpaired) electrons. The normalized spacial score (nSPS) is 11.4. The predicted molar refractivity (Wildman–Crippen MR) is 382 cm³/mol. The Morgan fingerprint density at radius 3 is 1.12 bits per heavy atom. The lowest BCUT2D eigenvalue weighted by Gasteiger charge is -2.11. The summed E-state index contributed by atoms with van der Waals surface area (Å²) in [5.41, 5.74) is 21.3. The van der Waals surface area contributed by atoms with Crippen molar-refractivity contribution in [2.45, 2.75) is 0 Å². The summed E-state index contributed by atoms with van der Waals surface area (Å²) in [6, 6.07) is 108. The van der Waals surface area contributed by atoms with E-state index in [0.29, 0.717) is 17.0 Å². The molecule has 5 aromatic heterocycles. The van der Waals surface area contributed by atoms with Crippen molar-refractivity contribution in [1.29, 1.82) is 10.5 Å². The summed E-state index contributed by atoms with van der Waals surface area (Å²) in [4.78, 5) is 20.3. The van der Waals surface area contributed by atoms with Crippen molar-refractivity contribution < 1.29 is 8.83 Å². The molecule has 0 amide bonds. The fourth-order valence-electron chi connectivity index (χ4n) is 13.3. The van der Waals surface area contributed by atoms with E-state index in [-0.39, 0.29) is 0 Å². The van der Waals surface area contributed by atoms with Crippen LogP contribution in [0.15, 0.2) is 312 Å². The zero-order valence-corrected chi connectivity index (χ0v) is 50.4. The molecule has 0 atom stereocenters. The van der Waals surface area contributed by atoms with Gasteiger partial charge in [0.15, 0.2) is 5.82 Å². The quantitative estimate of drug-likeness (QED) is 0.138. The predicted octanol–water partition coefficient (Wildman–Crippen LogP) is 22.4. The van der Waals surface area contributed by atoms with Crippen LogP contribution in [0.2, 0.25) is 0 Å². The lowest BCUT2D eigenvalue weighted by atomic mass is 9.94. The maximum atomic E-state index is 10.0. The molecule has 8 heteroatoms. The van der Waals surface area contributed by atoms with Gasteiger partial charge in [0.1, 0.15) is 22.3 Å². The number of hydrogen-bond donors (Lipinski definition) is 0. The van der Waals surface area contributed by atoms with Crippen LogP contribution in [-0.2, 0) is 0 Å². The van der Waals surface area contributed by atoms with Gasteiger partial charge in [-0.1, -0.05) is 243 Å². The number of nitrogens with zero attached hydrogens (tertiary/aromatic N) is 6. The summed E-state index contributed by atoms with van der Waals surface area (Å²) < 4.78 is 12.9. The number of benzene rings is 13. The molecule has 18 rings (SSSR count). The maximum absolute atomic E-state index is 10.0. The van der Waals surface area contributed by atoms with Crippen molar-refractivity contribution in [3.8, 4) is 102 Å². The topological polar surface area (TPSA) is 125 Å². The molecular formula is C86H50N6O2. The molecule has 0 aliphatic carbocycles. The number of hydrogen-bond acceptors (Lipinski definition) is 8. The van der Waals surface area contributed by atoms with E-state index in [1.807, 2.05) is 152 Å². The van der Waals surface area contributed by atoms with E-state index in [9.17, 15) is 10.5 Å². The van der Waals surface area contributed by atoms with Crippen molar-refractivity contribution in [3.63, 3.8) is 0 Å². The van der Waals surface area contributed by atoms with Gasteiger partial charge in [0.25, 0.3) is 0 Å². The monoisotopic (exact) mass is 1200 g/mol. The summed E-state index contributed by atoms with van der Waals surface area (Å²) in [6.45, 7) is 0. The van der Waals surface area contributed by atoms with Crippen molar-refractivity contribution in [2.24, 2.45) is 0 Å². The van der Waals surface area contributed by atoms with Crippen molar-refractivity contribution in [3.05, 3.63) is 314 Å². The Labute approximate surface area is 539 Å². The first kappa shape index (κ1) is 55.0. The Hall–Kier alpha value is -13.1. The zero-order valence-electron chi connectivity index (χ0n) is 50.4. The van der Waals surface area contributed by atoms with Crippen LogP contribution in [-0.4, -0.2) is 19.9 Å². The molecule has 13 aromatic carbocycles. The van der Waals surface area contributed by atoms with E-state index < -0.39 is 0 Å². The highest BCUT2D eigenvalue weighted by atomic mass is 16.3. The molecule has 8 nitrogen and oxygen atoms in total. The van der Waals surface area contributed by atoms with Gasteiger partial charge in [-0.2, -0.15) is 10.5 Å². The van der Waals surface area contributed by atoms with Gasteiger partial charge < -0.3 is 8.83 Å². The van der Waals surface area contributed by atoms with Gasteiger partial charge in [0.2, 0.25) is 0 Å². The van der Waals surface area contributed by atoms with E-state index in [2.05, 4.69) is 164 Å². The highest BCUT2D eigenvalue weighted by Gasteiger charge is 2.21. The average Bonchev–Trinajstić information content (AvgIpc) is 1.58. The largest absolute Gasteiger partial charge is 0.455 e. The van der Waals surface area contributed by atoms with E-state index in [1.165, 1.54) is 0 Å². The van der Waals surface area contributed by atoms with Crippen molar-refractivity contribution in [1.82, 2.24) is 19.9 Å². The van der Waals surface area contributed by atoms with Crippen LogP contribution >= 0.6 is 0 Å². The summed E-state index contributed by atoms with van der Waals surface area (Å²) in [7, 11) is 0. The third-order valence-electron chi connectivity index (χ3n) is 17.8.